The quantitative estimate of drug-likeness (QED) is 0.676. The van der Waals surface area contributed by atoms with Gasteiger partial charge in [-0.1, -0.05) is 19.8 Å². The van der Waals surface area contributed by atoms with Crippen molar-refractivity contribution in [3.63, 3.8) is 0 Å². The van der Waals surface area contributed by atoms with Crippen LogP contribution < -0.4 is 0 Å². The Hall–Kier alpha value is -0.0800. The highest BCUT2D eigenvalue weighted by molar-refractivity contribution is 4.76. The van der Waals surface area contributed by atoms with Crippen LogP contribution in [0.4, 0.5) is 0 Å². The van der Waals surface area contributed by atoms with E-state index in [1.165, 1.54) is 51.5 Å². The summed E-state index contributed by atoms with van der Waals surface area (Å²) >= 11 is 0. The summed E-state index contributed by atoms with van der Waals surface area (Å²) in [5.74, 6) is 0.953. The average Bonchev–Trinajstić information content (AvgIpc) is 2.29. The minimum absolute atomic E-state index is 0.357. The Morgan fingerprint density at radius 2 is 1.62 bits per heavy atom. The van der Waals surface area contributed by atoms with Crippen LogP contribution in [0.5, 0.6) is 0 Å². The molecule has 0 unspecified atom stereocenters. The standard InChI is InChI=1S/C14H29NO/c1-13-7-9-14(10-8-13)15(2)11-5-3-4-6-12-16/h13-14,16H,3-12H2,1-2H3. The molecular formula is C14H29NO. The second kappa shape index (κ2) is 8.08. The Morgan fingerprint density at radius 1 is 1.00 bits per heavy atom. The minimum Gasteiger partial charge on any atom is -0.396 e. The zero-order valence-electron chi connectivity index (χ0n) is 11.1. The highest BCUT2D eigenvalue weighted by Crippen LogP contribution is 2.26. The number of hydrogen-bond donors (Lipinski definition) is 1. The summed E-state index contributed by atoms with van der Waals surface area (Å²) in [6.07, 6.45) is 10.4. The van der Waals surface area contributed by atoms with Crippen molar-refractivity contribution >= 4 is 0 Å². The van der Waals surface area contributed by atoms with Crippen LogP contribution in [0.2, 0.25) is 0 Å². The monoisotopic (exact) mass is 227 g/mol. The average molecular weight is 227 g/mol. The van der Waals surface area contributed by atoms with Gasteiger partial charge in [-0.05, 0) is 58.0 Å². The van der Waals surface area contributed by atoms with E-state index in [0.29, 0.717) is 6.61 Å². The molecule has 1 fully saturated rings. The lowest BCUT2D eigenvalue weighted by molar-refractivity contribution is 0.167. The number of nitrogens with zero attached hydrogens (tertiary/aromatic N) is 1. The Balaban J connectivity index is 2.03. The van der Waals surface area contributed by atoms with Crippen LogP contribution in [0.1, 0.15) is 58.3 Å². The maximum atomic E-state index is 8.69. The van der Waals surface area contributed by atoms with Gasteiger partial charge in [0.2, 0.25) is 0 Å². The second-order valence-electron chi connectivity index (χ2n) is 5.53. The van der Waals surface area contributed by atoms with E-state index in [1.54, 1.807) is 0 Å². The van der Waals surface area contributed by atoms with Gasteiger partial charge in [-0.25, -0.2) is 0 Å². The van der Waals surface area contributed by atoms with E-state index in [-0.39, 0.29) is 0 Å². The molecule has 0 radical (unpaired) electrons. The Kier molecular flexibility index (Phi) is 7.06. The van der Waals surface area contributed by atoms with Gasteiger partial charge in [0.25, 0.3) is 0 Å². The molecule has 0 spiro atoms. The molecule has 0 bridgehead atoms. The molecule has 1 rings (SSSR count). The van der Waals surface area contributed by atoms with E-state index in [1.807, 2.05) is 0 Å². The molecule has 0 amide bonds. The van der Waals surface area contributed by atoms with E-state index in [9.17, 15) is 0 Å². The molecule has 1 aliphatic carbocycles. The zero-order chi connectivity index (χ0) is 11.8. The highest BCUT2D eigenvalue weighted by Gasteiger charge is 2.20. The van der Waals surface area contributed by atoms with Crippen LogP contribution in [0.15, 0.2) is 0 Å². The lowest BCUT2D eigenvalue weighted by Gasteiger charge is -2.33. The van der Waals surface area contributed by atoms with Crippen molar-refractivity contribution in [2.45, 2.75) is 64.3 Å². The van der Waals surface area contributed by atoms with Crippen molar-refractivity contribution in [1.29, 1.82) is 0 Å². The molecule has 2 heteroatoms. The SMILES string of the molecule is CC1CCC(N(C)CCCCCCO)CC1. The van der Waals surface area contributed by atoms with Gasteiger partial charge in [-0.3, -0.25) is 0 Å². The third-order valence-corrected chi connectivity index (χ3v) is 4.03. The van der Waals surface area contributed by atoms with Crippen molar-refractivity contribution in [3.05, 3.63) is 0 Å². The number of hydrogen-bond acceptors (Lipinski definition) is 2. The number of aliphatic hydroxyl groups excluding tert-OH is 1. The molecule has 16 heavy (non-hydrogen) atoms. The van der Waals surface area contributed by atoms with Gasteiger partial charge < -0.3 is 10.0 Å². The van der Waals surface area contributed by atoms with Crippen LogP contribution in [0, 0.1) is 5.92 Å². The van der Waals surface area contributed by atoms with Gasteiger partial charge in [-0.2, -0.15) is 0 Å². The molecule has 1 N–H and O–H groups in total. The largest absolute Gasteiger partial charge is 0.396 e. The molecule has 1 saturated carbocycles. The van der Waals surface area contributed by atoms with Crippen LogP contribution in [0.25, 0.3) is 0 Å². The fourth-order valence-corrected chi connectivity index (χ4v) is 2.69. The maximum absolute atomic E-state index is 8.69. The van der Waals surface area contributed by atoms with E-state index in [2.05, 4.69) is 18.9 Å². The molecular weight excluding hydrogens is 198 g/mol. The number of aliphatic hydroxyl groups is 1. The van der Waals surface area contributed by atoms with E-state index >= 15 is 0 Å². The highest BCUT2D eigenvalue weighted by atomic mass is 16.2. The van der Waals surface area contributed by atoms with Gasteiger partial charge in [0, 0.05) is 12.6 Å². The summed E-state index contributed by atoms with van der Waals surface area (Å²) in [5, 5.41) is 8.69. The molecule has 0 aromatic rings. The first-order valence-corrected chi connectivity index (χ1v) is 7.05. The van der Waals surface area contributed by atoms with Gasteiger partial charge in [-0.15, -0.1) is 0 Å². The number of rotatable bonds is 7. The fourth-order valence-electron chi connectivity index (χ4n) is 2.69. The van der Waals surface area contributed by atoms with Crippen LogP contribution in [-0.4, -0.2) is 36.2 Å². The molecule has 0 saturated heterocycles. The van der Waals surface area contributed by atoms with Gasteiger partial charge in [0.15, 0.2) is 0 Å². The minimum atomic E-state index is 0.357. The van der Waals surface area contributed by atoms with E-state index in [0.717, 1.165) is 18.4 Å². The molecule has 0 aromatic carbocycles. The summed E-state index contributed by atoms with van der Waals surface area (Å²) in [7, 11) is 2.28. The van der Waals surface area contributed by atoms with Gasteiger partial charge >= 0.3 is 0 Å². The first-order valence-electron chi connectivity index (χ1n) is 7.05. The summed E-state index contributed by atoms with van der Waals surface area (Å²) in [6, 6.07) is 0.842. The zero-order valence-corrected chi connectivity index (χ0v) is 11.1. The van der Waals surface area contributed by atoms with Crippen LogP contribution in [-0.2, 0) is 0 Å². The first-order chi connectivity index (χ1) is 7.74. The molecule has 0 atom stereocenters. The molecule has 0 heterocycles. The summed E-state index contributed by atoms with van der Waals surface area (Å²) in [5.41, 5.74) is 0. The van der Waals surface area contributed by atoms with E-state index < -0.39 is 0 Å². The number of unbranched alkanes of at least 4 members (excludes halogenated alkanes) is 3. The predicted octanol–water partition coefficient (Wildman–Crippen LogP) is 3.05. The fraction of sp³-hybridized carbons (Fsp3) is 1.00. The lowest BCUT2D eigenvalue weighted by Crippen LogP contribution is -2.35. The Morgan fingerprint density at radius 3 is 2.25 bits per heavy atom. The molecule has 2 nitrogen and oxygen atoms in total. The topological polar surface area (TPSA) is 23.5 Å². The first kappa shape index (κ1) is 14.0. The van der Waals surface area contributed by atoms with Crippen molar-refractivity contribution in [2.75, 3.05) is 20.2 Å². The molecule has 1 aliphatic rings. The third-order valence-electron chi connectivity index (χ3n) is 4.03. The van der Waals surface area contributed by atoms with Gasteiger partial charge in [0.1, 0.15) is 0 Å². The molecule has 0 aromatic heterocycles. The summed E-state index contributed by atoms with van der Waals surface area (Å²) in [4.78, 5) is 2.56. The van der Waals surface area contributed by atoms with Crippen molar-refractivity contribution < 1.29 is 5.11 Å². The second-order valence-corrected chi connectivity index (χ2v) is 5.53. The smallest absolute Gasteiger partial charge is 0.0431 e. The van der Waals surface area contributed by atoms with Crippen molar-refractivity contribution in [1.82, 2.24) is 4.90 Å². The molecule has 0 aliphatic heterocycles. The van der Waals surface area contributed by atoms with E-state index in [4.69, 9.17) is 5.11 Å². The summed E-state index contributed by atoms with van der Waals surface area (Å²) in [6.45, 7) is 3.98. The Bertz CT molecular complexity index is 164. The lowest BCUT2D eigenvalue weighted by atomic mass is 9.87. The molecule has 96 valence electrons. The third kappa shape index (κ3) is 5.31. The van der Waals surface area contributed by atoms with Crippen LogP contribution in [0.3, 0.4) is 0 Å². The van der Waals surface area contributed by atoms with Crippen molar-refractivity contribution in [3.8, 4) is 0 Å². The maximum Gasteiger partial charge on any atom is 0.0431 e. The van der Waals surface area contributed by atoms with Gasteiger partial charge in [0.05, 0.1) is 0 Å². The predicted molar refractivity (Wildman–Crippen MR) is 69.6 cm³/mol. The Labute approximate surface area is 101 Å². The van der Waals surface area contributed by atoms with Crippen molar-refractivity contribution in [2.24, 2.45) is 5.92 Å². The normalized spacial score (nSPS) is 26.2. The summed E-state index contributed by atoms with van der Waals surface area (Å²) < 4.78 is 0. The van der Waals surface area contributed by atoms with Crippen LogP contribution >= 0.6 is 0 Å².